The lowest BCUT2D eigenvalue weighted by molar-refractivity contribution is -0.114. The topological polar surface area (TPSA) is 88.2 Å². The second-order valence-electron chi connectivity index (χ2n) is 12.3. The van der Waals surface area contributed by atoms with Crippen LogP contribution in [0.25, 0.3) is 0 Å². The average Bonchev–Trinajstić information content (AvgIpc) is 3.12. The minimum atomic E-state index is -4.08. The Hall–Kier alpha value is -5.28. The molecule has 1 N–H and O–H groups in total. The Balaban J connectivity index is 1.46. The molecule has 0 saturated heterocycles. The van der Waals surface area contributed by atoms with Crippen molar-refractivity contribution in [2.45, 2.75) is 51.3 Å². The Bertz CT molecular complexity index is 2080. The first-order valence-corrected chi connectivity index (χ1v) is 18.6. The van der Waals surface area contributed by atoms with Crippen molar-refractivity contribution in [3.63, 3.8) is 0 Å². The van der Waals surface area contributed by atoms with Gasteiger partial charge in [0, 0.05) is 72.4 Å². The lowest BCUT2D eigenvalue weighted by Gasteiger charge is -2.33. The Morgan fingerprint density at radius 1 is 0.740 bits per heavy atom. The maximum atomic E-state index is 13.4. The predicted molar refractivity (Wildman–Crippen MR) is 201 cm³/mol. The van der Waals surface area contributed by atoms with E-state index >= 15 is 0 Å². The van der Waals surface area contributed by atoms with E-state index in [1.54, 1.807) is 48.5 Å². The van der Waals surface area contributed by atoms with Gasteiger partial charge in [0.2, 0.25) is 5.91 Å². The molecule has 1 amide bonds. The molecule has 1 aliphatic rings. The molecule has 0 radical (unpaired) electrons. The van der Waals surface area contributed by atoms with Crippen LogP contribution in [-0.4, -0.2) is 34.0 Å². The molecule has 9 heteroatoms. The fraction of sp³-hybridized carbons (Fsp3) is 0.244. The van der Waals surface area contributed by atoms with E-state index in [0.29, 0.717) is 6.54 Å². The molecule has 0 aromatic heterocycles. The molecule has 1 atom stereocenters. The SMILES string of the molecule is CCCCN(c1cccc(S(=O)(=O)Oc2ccccc2)c1)c1ccc2c(c1)C(c1ccccc1NC(C)=O)c1ccc(N(CC)CC)cc1O2. The number of carbonyl (C=O) groups excluding carboxylic acids is 1. The molecular formula is C41H43N3O5S. The van der Waals surface area contributed by atoms with Gasteiger partial charge in [-0.3, -0.25) is 4.79 Å². The zero-order valence-corrected chi connectivity index (χ0v) is 29.7. The third kappa shape index (κ3) is 7.33. The van der Waals surface area contributed by atoms with Crippen LogP contribution in [0, 0.1) is 0 Å². The number of unbranched alkanes of at least 4 members (excludes halogenated alkanes) is 1. The van der Waals surface area contributed by atoms with Gasteiger partial charge in [-0.15, -0.1) is 0 Å². The monoisotopic (exact) mass is 689 g/mol. The Morgan fingerprint density at radius 3 is 2.20 bits per heavy atom. The van der Waals surface area contributed by atoms with Crippen molar-refractivity contribution in [3.05, 3.63) is 132 Å². The van der Waals surface area contributed by atoms with E-state index in [-0.39, 0.29) is 22.5 Å². The summed E-state index contributed by atoms with van der Waals surface area (Å²) in [5.74, 6) is 1.36. The van der Waals surface area contributed by atoms with E-state index in [1.807, 2.05) is 36.4 Å². The number of rotatable bonds is 13. The zero-order valence-electron chi connectivity index (χ0n) is 28.9. The van der Waals surface area contributed by atoms with Gasteiger partial charge >= 0.3 is 10.1 Å². The van der Waals surface area contributed by atoms with Crippen LogP contribution in [0.15, 0.2) is 120 Å². The maximum Gasteiger partial charge on any atom is 0.339 e. The third-order valence-electron chi connectivity index (χ3n) is 8.96. The van der Waals surface area contributed by atoms with E-state index in [1.165, 1.54) is 6.92 Å². The molecule has 5 aromatic rings. The number of hydrogen-bond acceptors (Lipinski definition) is 7. The number of benzene rings is 5. The number of nitrogens with one attached hydrogen (secondary N) is 1. The van der Waals surface area contributed by atoms with Crippen LogP contribution in [0.2, 0.25) is 0 Å². The lowest BCUT2D eigenvalue weighted by Crippen LogP contribution is -2.23. The second-order valence-corrected chi connectivity index (χ2v) is 13.8. The number of anilines is 4. The molecule has 0 spiro atoms. The lowest BCUT2D eigenvalue weighted by atomic mass is 9.81. The number of nitrogens with zero attached hydrogens (tertiary/aromatic N) is 2. The van der Waals surface area contributed by atoms with Gasteiger partial charge in [0.1, 0.15) is 22.1 Å². The quantitative estimate of drug-likeness (QED) is 0.121. The summed E-state index contributed by atoms with van der Waals surface area (Å²) in [5, 5.41) is 3.04. The minimum Gasteiger partial charge on any atom is -0.457 e. The van der Waals surface area contributed by atoms with E-state index in [4.69, 9.17) is 8.92 Å². The van der Waals surface area contributed by atoms with Crippen molar-refractivity contribution in [1.29, 1.82) is 0 Å². The summed E-state index contributed by atoms with van der Waals surface area (Å²) in [4.78, 5) is 16.8. The largest absolute Gasteiger partial charge is 0.457 e. The van der Waals surface area contributed by atoms with Crippen LogP contribution in [0.5, 0.6) is 17.2 Å². The molecule has 0 saturated carbocycles. The summed E-state index contributed by atoms with van der Waals surface area (Å²) < 4.78 is 38.8. The van der Waals surface area contributed by atoms with Gasteiger partial charge in [0.15, 0.2) is 0 Å². The van der Waals surface area contributed by atoms with Gasteiger partial charge in [0.25, 0.3) is 0 Å². The van der Waals surface area contributed by atoms with E-state index < -0.39 is 10.1 Å². The molecule has 50 heavy (non-hydrogen) atoms. The molecule has 258 valence electrons. The van der Waals surface area contributed by atoms with Crippen molar-refractivity contribution in [1.82, 2.24) is 0 Å². The van der Waals surface area contributed by atoms with Crippen molar-refractivity contribution >= 4 is 38.8 Å². The summed E-state index contributed by atoms with van der Waals surface area (Å²) >= 11 is 0. The molecule has 0 aliphatic carbocycles. The third-order valence-corrected chi connectivity index (χ3v) is 10.2. The summed E-state index contributed by atoms with van der Waals surface area (Å²) in [6.45, 7) is 10.3. The fourth-order valence-corrected chi connectivity index (χ4v) is 7.48. The van der Waals surface area contributed by atoms with Crippen LogP contribution >= 0.6 is 0 Å². The average molecular weight is 690 g/mol. The normalized spacial score (nSPS) is 13.4. The first-order valence-electron chi connectivity index (χ1n) is 17.2. The van der Waals surface area contributed by atoms with Gasteiger partial charge in [-0.25, -0.2) is 0 Å². The van der Waals surface area contributed by atoms with Crippen molar-refractivity contribution in [2.24, 2.45) is 0 Å². The Morgan fingerprint density at radius 2 is 1.46 bits per heavy atom. The summed E-state index contributed by atoms with van der Waals surface area (Å²) in [5.41, 5.74) is 6.33. The number of fused-ring (bicyclic) bond motifs is 2. The highest BCUT2D eigenvalue weighted by molar-refractivity contribution is 7.87. The smallest absolute Gasteiger partial charge is 0.339 e. The molecule has 0 fully saturated rings. The first-order chi connectivity index (χ1) is 24.2. The number of carbonyl (C=O) groups is 1. The Labute approximate surface area is 295 Å². The second kappa shape index (κ2) is 15.1. The first kappa shape index (κ1) is 34.6. The number of para-hydroxylation sites is 2. The fourth-order valence-electron chi connectivity index (χ4n) is 6.51. The molecule has 1 heterocycles. The van der Waals surface area contributed by atoms with Gasteiger partial charge in [0.05, 0.1) is 0 Å². The van der Waals surface area contributed by atoms with Gasteiger partial charge < -0.3 is 24.0 Å². The van der Waals surface area contributed by atoms with Crippen molar-refractivity contribution < 1.29 is 22.1 Å². The molecule has 1 aliphatic heterocycles. The van der Waals surface area contributed by atoms with Gasteiger partial charge in [-0.2, -0.15) is 8.42 Å². The van der Waals surface area contributed by atoms with Gasteiger partial charge in [-0.05, 0) is 86.5 Å². The van der Waals surface area contributed by atoms with Gasteiger partial charge in [-0.1, -0.05) is 61.9 Å². The van der Waals surface area contributed by atoms with Crippen molar-refractivity contribution in [3.8, 4) is 17.2 Å². The predicted octanol–water partition coefficient (Wildman–Crippen LogP) is 9.48. The highest BCUT2D eigenvalue weighted by Crippen LogP contribution is 2.51. The van der Waals surface area contributed by atoms with E-state index in [9.17, 15) is 13.2 Å². The molecule has 0 bridgehead atoms. The van der Waals surface area contributed by atoms with Crippen LogP contribution < -0.4 is 24.0 Å². The summed E-state index contributed by atoms with van der Waals surface area (Å²) in [6.07, 6.45) is 1.84. The van der Waals surface area contributed by atoms with Crippen LogP contribution in [0.1, 0.15) is 63.1 Å². The van der Waals surface area contributed by atoms with Crippen molar-refractivity contribution in [2.75, 3.05) is 34.8 Å². The molecule has 1 unspecified atom stereocenters. The minimum absolute atomic E-state index is 0.0710. The molecule has 5 aromatic carbocycles. The Kier molecular flexibility index (Phi) is 10.4. The highest BCUT2D eigenvalue weighted by Gasteiger charge is 2.32. The maximum absolute atomic E-state index is 13.4. The summed E-state index contributed by atoms with van der Waals surface area (Å²) in [7, 11) is -4.08. The number of hydrogen-bond donors (Lipinski definition) is 1. The number of ether oxygens (including phenoxy) is 1. The van der Waals surface area contributed by atoms with E-state index in [2.05, 4.69) is 66.2 Å². The standard InChI is InChI=1S/C41H43N3O5S/c1-5-8-25-44(31-15-14-18-34(26-31)50(46,47)49-33-16-10-9-11-17-33)32-22-24-39-37(27-32)41(35-19-12-13-20-38(35)42-29(4)45)36-23-21-30(28-40(36)48-39)43(6-2)7-3/h9-24,26-28,41H,5-8,25H2,1-4H3,(H,42,45). The highest BCUT2D eigenvalue weighted by atomic mass is 32.2. The number of amides is 1. The zero-order chi connectivity index (χ0) is 35.3. The van der Waals surface area contributed by atoms with E-state index in [0.717, 1.165) is 76.9 Å². The molecule has 8 nitrogen and oxygen atoms in total. The van der Waals surface area contributed by atoms with Crippen LogP contribution in [0.3, 0.4) is 0 Å². The summed E-state index contributed by atoms with van der Waals surface area (Å²) in [6, 6.07) is 35.8. The van der Waals surface area contributed by atoms with Crippen LogP contribution in [0.4, 0.5) is 22.7 Å². The molecular weight excluding hydrogens is 647 g/mol. The van der Waals surface area contributed by atoms with Crippen LogP contribution in [-0.2, 0) is 14.9 Å². The molecule has 6 rings (SSSR count).